The molecule has 0 unspecified atom stereocenters. The van der Waals surface area contributed by atoms with Gasteiger partial charge in [0.1, 0.15) is 11.6 Å². The minimum atomic E-state index is -0.246. The molecule has 1 aliphatic rings. The number of halogens is 1. The van der Waals surface area contributed by atoms with Crippen LogP contribution in [0.4, 0.5) is 9.52 Å². The third-order valence-electron chi connectivity index (χ3n) is 6.14. The number of carbonyl (C=O) groups is 1. The van der Waals surface area contributed by atoms with E-state index in [1.165, 1.54) is 29.2 Å². The van der Waals surface area contributed by atoms with Crippen molar-refractivity contribution in [3.05, 3.63) is 77.4 Å². The fourth-order valence-electron chi connectivity index (χ4n) is 4.16. The lowest BCUT2D eigenvalue weighted by Crippen LogP contribution is -2.49. The van der Waals surface area contributed by atoms with Crippen molar-refractivity contribution < 1.29 is 9.18 Å². The van der Waals surface area contributed by atoms with Gasteiger partial charge in [-0.1, -0.05) is 42.5 Å². The number of carbonyl (C=O) groups excluding carboxylic acids is 1. The van der Waals surface area contributed by atoms with E-state index in [0.717, 1.165) is 49.2 Å². The molecular weight excluding hydrogens is 449 g/mol. The molecule has 0 bridgehead atoms. The number of hydrogen-bond donors (Lipinski definition) is 0. The Labute approximate surface area is 205 Å². The Balaban J connectivity index is 1.27. The maximum absolute atomic E-state index is 13.1. The average Bonchev–Trinajstić information content (AvgIpc) is 3.29. The van der Waals surface area contributed by atoms with Crippen molar-refractivity contribution in [1.29, 1.82) is 0 Å². The van der Waals surface area contributed by atoms with Crippen LogP contribution in [-0.4, -0.2) is 63.8 Å². The van der Waals surface area contributed by atoms with Gasteiger partial charge in [-0.3, -0.25) is 9.69 Å². The highest BCUT2D eigenvalue weighted by atomic mass is 32.1. The van der Waals surface area contributed by atoms with Crippen LogP contribution in [-0.2, 0) is 17.8 Å². The van der Waals surface area contributed by atoms with E-state index in [1.807, 2.05) is 11.0 Å². The molecule has 3 aromatic rings. The van der Waals surface area contributed by atoms with E-state index in [9.17, 15) is 9.18 Å². The smallest absolute Gasteiger partial charge is 0.224 e. The Morgan fingerprint density at radius 2 is 1.74 bits per heavy atom. The normalized spacial score (nSPS) is 14.5. The molecule has 4 rings (SSSR count). The fraction of sp³-hybridized carbons (Fsp3) is 0.423. The van der Waals surface area contributed by atoms with Crippen LogP contribution >= 0.6 is 11.5 Å². The van der Waals surface area contributed by atoms with Crippen LogP contribution in [0, 0.1) is 5.82 Å². The van der Waals surface area contributed by atoms with E-state index in [1.54, 1.807) is 12.1 Å². The highest BCUT2D eigenvalue weighted by Crippen LogP contribution is 2.22. The molecule has 1 fully saturated rings. The van der Waals surface area contributed by atoms with Gasteiger partial charge in [-0.15, -0.1) is 0 Å². The Bertz CT molecular complexity index is 1050. The molecule has 34 heavy (non-hydrogen) atoms. The minimum absolute atomic E-state index is 0.195. The number of aromatic nitrogens is 2. The highest BCUT2D eigenvalue weighted by molar-refractivity contribution is 7.09. The van der Waals surface area contributed by atoms with Crippen LogP contribution in [0.3, 0.4) is 0 Å². The standard InChI is InChI=1S/C26H32FN5OS/c1-20(2)32(26-28-24(29-34-26)18-21-8-10-23(27)11-9-21)13-12-25(33)31-16-14-30(15-17-31)19-22-6-4-3-5-7-22/h3-11,20H,12-19H2,1-2H3. The first-order valence-corrected chi connectivity index (χ1v) is 12.6. The molecule has 2 aromatic carbocycles. The van der Waals surface area contributed by atoms with E-state index < -0.39 is 0 Å². The molecule has 1 aliphatic heterocycles. The first-order valence-electron chi connectivity index (χ1n) is 11.9. The second-order valence-corrected chi connectivity index (χ2v) is 9.71. The summed E-state index contributed by atoms with van der Waals surface area (Å²) < 4.78 is 17.6. The summed E-state index contributed by atoms with van der Waals surface area (Å²) in [6, 6.07) is 17.1. The molecule has 6 nitrogen and oxygen atoms in total. The van der Waals surface area contributed by atoms with Crippen molar-refractivity contribution in [2.75, 3.05) is 37.6 Å². The largest absolute Gasteiger partial charge is 0.344 e. The quantitative estimate of drug-likeness (QED) is 0.458. The van der Waals surface area contributed by atoms with E-state index in [-0.39, 0.29) is 17.8 Å². The Morgan fingerprint density at radius 1 is 1.03 bits per heavy atom. The van der Waals surface area contributed by atoms with Crippen LogP contribution in [0.1, 0.15) is 37.2 Å². The molecule has 0 spiro atoms. The van der Waals surface area contributed by atoms with Crippen LogP contribution < -0.4 is 4.90 Å². The summed E-state index contributed by atoms with van der Waals surface area (Å²) in [4.78, 5) is 24.2. The summed E-state index contributed by atoms with van der Waals surface area (Å²) in [5.74, 6) is 0.670. The third kappa shape index (κ3) is 6.61. The lowest BCUT2D eigenvalue weighted by atomic mass is 10.1. The molecule has 8 heteroatoms. The lowest BCUT2D eigenvalue weighted by molar-refractivity contribution is -0.132. The summed E-state index contributed by atoms with van der Waals surface area (Å²) in [6.07, 6.45) is 1.03. The Kier molecular flexibility index (Phi) is 8.24. The van der Waals surface area contributed by atoms with Crippen molar-refractivity contribution >= 4 is 22.6 Å². The average molecular weight is 482 g/mol. The summed E-state index contributed by atoms with van der Waals surface area (Å²) in [6.45, 7) is 9.10. The lowest BCUT2D eigenvalue weighted by Gasteiger charge is -2.35. The van der Waals surface area contributed by atoms with E-state index in [2.05, 4.69) is 52.3 Å². The van der Waals surface area contributed by atoms with Crippen molar-refractivity contribution in [1.82, 2.24) is 19.2 Å². The topological polar surface area (TPSA) is 52.6 Å². The third-order valence-corrected chi connectivity index (χ3v) is 6.93. The molecule has 0 N–H and O–H groups in total. The Hall–Kier alpha value is -2.84. The summed E-state index contributed by atoms with van der Waals surface area (Å²) in [5, 5.41) is 0.826. The van der Waals surface area contributed by atoms with Gasteiger partial charge in [0.25, 0.3) is 0 Å². The predicted octanol–water partition coefficient (Wildman–Crippen LogP) is 4.22. The van der Waals surface area contributed by atoms with Crippen molar-refractivity contribution in [3.8, 4) is 0 Å². The van der Waals surface area contributed by atoms with Gasteiger partial charge in [0.2, 0.25) is 11.0 Å². The number of piperazine rings is 1. The second kappa shape index (κ2) is 11.5. The van der Waals surface area contributed by atoms with Gasteiger partial charge in [-0.05, 0) is 37.1 Å². The van der Waals surface area contributed by atoms with E-state index >= 15 is 0 Å². The predicted molar refractivity (Wildman–Crippen MR) is 135 cm³/mol. The molecule has 1 amide bonds. The number of rotatable bonds is 9. The van der Waals surface area contributed by atoms with Gasteiger partial charge < -0.3 is 9.80 Å². The van der Waals surface area contributed by atoms with E-state index in [4.69, 9.17) is 4.98 Å². The minimum Gasteiger partial charge on any atom is -0.344 e. The van der Waals surface area contributed by atoms with Gasteiger partial charge in [0.05, 0.1) is 0 Å². The van der Waals surface area contributed by atoms with Gasteiger partial charge in [0, 0.05) is 69.7 Å². The number of anilines is 1. The SMILES string of the molecule is CC(C)N(CCC(=O)N1CCN(Cc2ccccc2)CC1)c1nc(Cc2ccc(F)cc2)ns1. The molecule has 1 aromatic heterocycles. The van der Waals surface area contributed by atoms with Crippen LogP contribution in [0.2, 0.25) is 0 Å². The molecular formula is C26H32FN5OS. The fourth-order valence-corrected chi connectivity index (χ4v) is 5.01. The number of nitrogens with zero attached hydrogens (tertiary/aromatic N) is 5. The summed E-state index contributed by atoms with van der Waals surface area (Å²) >= 11 is 1.36. The molecule has 0 atom stereocenters. The molecule has 180 valence electrons. The van der Waals surface area contributed by atoms with Gasteiger partial charge in [-0.25, -0.2) is 9.37 Å². The molecule has 1 saturated heterocycles. The summed E-state index contributed by atoms with van der Waals surface area (Å²) in [7, 11) is 0. The second-order valence-electron chi connectivity index (χ2n) is 8.98. The molecule has 0 radical (unpaired) electrons. The zero-order valence-electron chi connectivity index (χ0n) is 19.9. The summed E-state index contributed by atoms with van der Waals surface area (Å²) in [5.41, 5.74) is 2.29. The van der Waals surface area contributed by atoms with Gasteiger partial charge in [0.15, 0.2) is 0 Å². The monoisotopic (exact) mass is 481 g/mol. The highest BCUT2D eigenvalue weighted by Gasteiger charge is 2.23. The van der Waals surface area contributed by atoms with Crippen molar-refractivity contribution in [2.45, 2.75) is 39.3 Å². The van der Waals surface area contributed by atoms with Gasteiger partial charge in [-0.2, -0.15) is 4.37 Å². The first kappa shape index (κ1) is 24.3. The van der Waals surface area contributed by atoms with E-state index in [0.29, 0.717) is 19.4 Å². The maximum atomic E-state index is 13.1. The van der Waals surface area contributed by atoms with Crippen LogP contribution in [0.5, 0.6) is 0 Å². The van der Waals surface area contributed by atoms with Crippen molar-refractivity contribution in [3.63, 3.8) is 0 Å². The number of benzene rings is 2. The zero-order chi connectivity index (χ0) is 23.9. The van der Waals surface area contributed by atoms with Crippen LogP contribution in [0.15, 0.2) is 54.6 Å². The molecule has 2 heterocycles. The number of hydrogen-bond acceptors (Lipinski definition) is 6. The number of amides is 1. The first-order chi connectivity index (χ1) is 16.5. The van der Waals surface area contributed by atoms with Gasteiger partial charge >= 0.3 is 0 Å². The molecule has 0 saturated carbocycles. The maximum Gasteiger partial charge on any atom is 0.224 e. The van der Waals surface area contributed by atoms with Crippen LogP contribution in [0.25, 0.3) is 0 Å². The zero-order valence-corrected chi connectivity index (χ0v) is 20.7. The van der Waals surface area contributed by atoms with Crippen molar-refractivity contribution in [2.24, 2.45) is 0 Å². The Morgan fingerprint density at radius 3 is 2.41 bits per heavy atom. The molecule has 0 aliphatic carbocycles.